The van der Waals surface area contributed by atoms with Gasteiger partial charge in [0, 0.05) is 32.7 Å². The van der Waals surface area contributed by atoms with Crippen molar-refractivity contribution in [2.45, 2.75) is 37.8 Å². The number of benzene rings is 2. The van der Waals surface area contributed by atoms with Gasteiger partial charge in [0.05, 0.1) is 11.1 Å². The van der Waals surface area contributed by atoms with E-state index in [2.05, 4.69) is 22.3 Å². The van der Waals surface area contributed by atoms with Crippen LogP contribution in [0.5, 0.6) is 0 Å². The van der Waals surface area contributed by atoms with Gasteiger partial charge in [0.1, 0.15) is 6.04 Å². The number of alkyl halides is 6. The average molecular weight is 526 g/mol. The Bertz CT molecular complexity index is 1070. The number of nitrogens with one attached hydrogen (secondary N) is 1. The predicted octanol–water partition coefficient (Wildman–Crippen LogP) is 5.15. The Balaban J connectivity index is 1.29. The third kappa shape index (κ3) is 7.35. The summed E-state index contributed by atoms with van der Waals surface area (Å²) in [5.74, 6) is 0.121. The number of amides is 1. The molecule has 2 aliphatic rings. The zero-order valence-corrected chi connectivity index (χ0v) is 20.2. The van der Waals surface area contributed by atoms with Crippen molar-refractivity contribution in [3.05, 3.63) is 82.9 Å². The molecule has 0 radical (unpaired) electrons. The molecule has 2 heterocycles. The Morgan fingerprint density at radius 2 is 1.59 bits per heavy atom. The summed E-state index contributed by atoms with van der Waals surface area (Å²) in [5.41, 5.74) is -1.74. The number of halogens is 6. The molecular formula is C27H29F6N3O. The van der Waals surface area contributed by atoms with Crippen molar-refractivity contribution in [2.75, 3.05) is 32.7 Å². The van der Waals surface area contributed by atoms with E-state index in [1.807, 2.05) is 29.2 Å². The Labute approximate surface area is 211 Å². The van der Waals surface area contributed by atoms with E-state index in [0.717, 1.165) is 32.5 Å². The molecule has 1 N–H and O–H groups in total. The van der Waals surface area contributed by atoms with Crippen molar-refractivity contribution in [1.29, 1.82) is 0 Å². The monoisotopic (exact) mass is 525 g/mol. The molecule has 200 valence electrons. The first-order chi connectivity index (χ1) is 17.5. The highest BCUT2D eigenvalue weighted by Crippen LogP contribution is 2.36. The topological polar surface area (TPSA) is 35.6 Å². The molecule has 37 heavy (non-hydrogen) atoms. The van der Waals surface area contributed by atoms with Gasteiger partial charge in [-0.3, -0.25) is 9.69 Å². The smallest absolute Gasteiger partial charge is 0.350 e. The van der Waals surface area contributed by atoms with Gasteiger partial charge >= 0.3 is 12.4 Å². The SMILES string of the molecule is O=C(NCc1cc(C(F)(F)F)cc(C(F)(F)F)c1)[C@@H]1C=CCN1CCN1CCC(Cc2ccccc2)C1. The fraction of sp³-hybridized carbons (Fsp3) is 0.444. The largest absolute Gasteiger partial charge is 0.416 e. The van der Waals surface area contributed by atoms with Gasteiger partial charge in [-0.05, 0) is 54.6 Å². The molecule has 2 atom stereocenters. The first kappa shape index (κ1) is 27.2. The molecule has 1 amide bonds. The maximum atomic E-state index is 13.1. The summed E-state index contributed by atoms with van der Waals surface area (Å²) in [5, 5.41) is 2.51. The van der Waals surface area contributed by atoms with Crippen molar-refractivity contribution in [1.82, 2.24) is 15.1 Å². The quantitative estimate of drug-likeness (QED) is 0.383. The van der Waals surface area contributed by atoms with E-state index >= 15 is 0 Å². The van der Waals surface area contributed by atoms with Gasteiger partial charge in [-0.2, -0.15) is 26.3 Å². The zero-order chi connectivity index (χ0) is 26.6. The van der Waals surface area contributed by atoms with Crippen molar-refractivity contribution in [3.8, 4) is 0 Å². The Morgan fingerprint density at radius 3 is 2.24 bits per heavy atom. The Morgan fingerprint density at radius 1 is 0.919 bits per heavy atom. The molecule has 0 bridgehead atoms. The van der Waals surface area contributed by atoms with Crippen LogP contribution in [-0.4, -0.2) is 54.5 Å². The molecule has 0 aromatic heterocycles. The Hall–Kier alpha value is -2.85. The summed E-state index contributed by atoms with van der Waals surface area (Å²) < 4.78 is 78.6. The van der Waals surface area contributed by atoms with Gasteiger partial charge in [-0.15, -0.1) is 0 Å². The Kier molecular flexibility index (Phi) is 8.28. The number of carbonyl (C=O) groups excluding carboxylic acids is 1. The zero-order valence-electron chi connectivity index (χ0n) is 20.2. The maximum Gasteiger partial charge on any atom is 0.416 e. The van der Waals surface area contributed by atoms with Gasteiger partial charge in [0.2, 0.25) is 5.91 Å². The number of carbonyl (C=O) groups is 1. The van der Waals surface area contributed by atoms with Crippen molar-refractivity contribution >= 4 is 5.91 Å². The lowest BCUT2D eigenvalue weighted by Gasteiger charge is -2.26. The lowest BCUT2D eigenvalue weighted by atomic mass is 9.99. The maximum absolute atomic E-state index is 13.1. The van der Waals surface area contributed by atoms with Crippen LogP contribution < -0.4 is 5.32 Å². The van der Waals surface area contributed by atoms with Crippen molar-refractivity contribution < 1.29 is 31.1 Å². The summed E-state index contributed by atoms with van der Waals surface area (Å²) in [6.45, 7) is 3.49. The van der Waals surface area contributed by atoms with E-state index in [1.165, 1.54) is 5.56 Å². The fourth-order valence-electron chi connectivity index (χ4n) is 4.96. The highest BCUT2D eigenvalue weighted by atomic mass is 19.4. The van der Waals surface area contributed by atoms with E-state index in [0.29, 0.717) is 31.1 Å². The number of hydrogen-bond acceptors (Lipinski definition) is 3. The second kappa shape index (κ2) is 11.3. The number of rotatable bonds is 8. The van der Waals surface area contributed by atoms with Gasteiger partial charge in [0.25, 0.3) is 0 Å². The van der Waals surface area contributed by atoms with Crippen LogP contribution in [0.4, 0.5) is 26.3 Å². The van der Waals surface area contributed by atoms with E-state index < -0.39 is 42.0 Å². The van der Waals surface area contributed by atoms with Crippen molar-refractivity contribution in [2.24, 2.45) is 5.92 Å². The minimum absolute atomic E-state index is 0.0789. The van der Waals surface area contributed by atoms with Gasteiger partial charge in [0.15, 0.2) is 0 Å². The third-order valence-electron chi connectivity index (χ3n) is 6.88. The minimum Gasteiger partial charge on any atom is -0.350 e. The summed E-state index contributed by atoms with van der Waals surface area (Å²) >= 11 is 0. The second-order valence-corrected chi connectivity index (χ2v) is 9.64. The van der Waals surface area contributed by atoms with Crippen LogP contribution in [-0.2, 0) is 30.1 Å². The second-order valence-electron chi connectivity index (χ2n) is 9.64. The molecule has 0 aliphatic carbocycles. The van der Waals surface area contributed by atoms with Crippen LogP contribution in [0.2, 0.25) is 0 Å². The van der Waals surface area contributed by atoms with Crippen LogP contribution in [0.15, 0.2) is 60.7 Å². The van der Waals surface area contributed by atoms with Crippen LogP contribution in [0.25, 0.3) is 0 Å². The molecule has 2 aromatic carbocycles. The predicted molar refractivity (Wildman–Crippen MR) is 127 cm³/mol. The number of nitrogens with zero attached hydrogens (tertiary/aromatic N) is 2. The summed E-state index contributed by atoms with van der Waals surface area (Å²) in [7, 11) is 0. The summed E-state index contributed by atoms with van der Waals surface area (Å²) in [4.78, 5) is 17.1. The molecule has 4 rings (SSSR count). The average Bonchev–Trinajstić information content (AvgIpc) is 3.50. The van der Waals surface area contributed by atoms with E-state index in [4.69, 9.17) is 0 Å². The molecule has 1 unspecified atom stereocenters. The fourth-order valence-corrected chi connectivity index (χ4v) is 4.96. The third-order valence-corrected chi connectivity index (χ3v) is 6.88. The van der Waals surface area contributed by atoms with E-state index in [-0.39, 0.29) is 11.6 Å². The van der Waals surface area contributed by atoms with Crippen LogP contribution in [0.1, 0.15) is 28.7 Å². The van der Waals surface area contributed by atoms with Crippen molar-refractivity contribution in [3.63, 3.8) is 0 Å². The molecule has 10 heteroatoms. The molecule has 1 fully saturated rings. The molecule has 1 saturated heterocycles. The van der Waals surface area contributed by atoms with Crippen LogP contribution >= 0.6 is 0 Å². The highest BCUT2D eigenvalue weighted by molar-refractivity contribution is 5.84. The van der Waals surface area contributed by atoms with Gasteiger partial charge in [-0.25, -0.2) is 0 Å². The first-order valence-corrected chi connectivity index (χ1v) is 12.2. The van der Waals surface area contributed by atoms with E-state index in [1.54, 1.807) is 6.08 Å². The molecule has 4 nitrogen and oxygen atoms in total. The number of likely N-dealkylation sites (tertiary alicyclic amines) is 1. The highest BCUT2D eigenvalue weighted by Gasteiger charge is 2.37. The molecule has 2 aromatic rings. The normalized spacial score (nSPS) is 21.0. The lowest BCUT2D eigenvalue weighted by Crippen LogP contribution is -2.45. The van der Waals surface area contributed by atoms with Gasteiger partial charge in [-0.1, -0.05) is 42.5 Å². The molecule has 2 aliphatic heterocycles. The molecular weight excluding hydrogens is 496 g/mol. The number of hydrogen-bond donors (Lipinski definition) is 1. The summed E-state index contributed by atoms with van der Waals surface area (Å²) in [6, 6.07) is 11.1. The molecule has 0 spiro atoms. The van der Waals surface area contributed by atoms with Crippen LogP contribution in [0, 0.1) is 5.92 Å². The lowest BCUT2D eigenvalue weighted by molar-refractivity contribution is -0.143. The standard InChI is InChI=1S/C27H29F6N3O/c28-26(29,30)22-14-21(15-23(16-22)27(31,32)33)17-34-25(37)24-7-4-9-36(24)12-11-35-10-8-20(18-35)13-19-5-2-1-3-6-19/h1-7,14-16,20,24H,8-13,17-18H2,(H,34,37)/t20?,24-/m0/s1. The molecule has 0 saturated carbocycles. The first-order valence-electron chi connectivity index (χ1n) is 12.2. The summed E-state index contributed by atoms with van der Waals surface area (Å²) in [6.07, 6.45) is -4.17. The van der Waals surface area contributed by atoms with Gasteiger partial charge < -0.3 is 10.2 Å². The van der Waals surface area contributed by atoms with Crippen LogP contribution in [0.3, 0.4) is 0 Å². The minimum atomic E-state index is -4.93. The van der Waals surface area contributed by atoms with E-state index in [9.17, 15) is 31.1 Å².